The van der Waals surface area contributed by atoms with Gasteiger partial charge in [-0.25, -0.2) is 8.42 Å². The highest BCUT2D eigenvalue weighted by Gasteiger charge is 2.33. The Morgan fingerprint density at radius 3 is 2.11 bits per heavy atom. The SMILES string of the molecule is CC[C@H](C(=O)N[C@@H](C)CC)N(Cc1ccc(OC)cc1)C(=O)CN(c1cc(Cl)c(Cl)cc1Cl)S(C)(=O)=O. The number of halogens is 3. The number of anilines is 1. The van der Waals surface area contributed by atoms with Gasteiger partial charge in [-0.05, 0) is 49.6 Å². The van der Waals surface area contributed by atoms with Crippen molar-refractivity contribution in [3.05, 3.63) is 57.0 Å². The predicted molar refractivity (Wildman–Crippen MR) is 149 cm³/mol. The summed E-state index contributed by atoms with van der Waals surface area (Å²) in [6.45, 7) is 5.08. The third kappa shape index (κ3) is 8.40. The fourth-order valence-electron chi connectivity index (χ4n) is 3.59. The highest BCUT2D eigenvalue weighted by molar-refractivity contribution is 7.92. The van der Waals surface area contributed by atoms with E-state index in [4.69, 9.17) is 39.5 Å². The minimum Gasteiger partial charge on any atom is -0.497 e. The second kappa shape index (κ2) is 13.6. The number of methoxy groups -OCH3 is 1. The maximum atomic E-state index is 13.7. The van der Waals surface area contributed by atoms with Crippen LogP contribution in [-0.2, 0) is 26.2 Å². The fourth-order valence-corrected chi connectivity index (χ4v) is 5.13. The summed E-state index contributed by atoms with van der Waals surface area (Å²) in [6.07, 6.45) is 1.99. The number of nitrogens with one attached hydrogen (secondary N) is 1. The molecule has 1 N–H and O–H groups in total. The van der Waals surface area contributed by atoms with E-state index in [9.17, 15) is 18.0 Å². The molecule has 12 heteroatoms. The van der Waals surface area contributed by atoms with Gasteiger partial charge in [-0.3, -0.25) is 13.9 Å². The minimum absolute atomic E-state index is 0.00780. The first-order valence-electron chi connectivity index (χ1n) is 11.7. The lowest BCUT2D eigenvalue weighted by Gasteiger charge is -2.33. The van der Waals surface area contributed by atoms with E-state index in [-0.39, 0.29) is 39.2 Å². The van der Waals surface area contributed by atoms with E-state index in [1.165, 1.54) is 17.0 Å². The molecular formula is C25H32Cl3N3O5S. The van der Waals surface area contributed by atoms with Crippen molar-refractivity contribution >= 4 is 62.3 Å². The summed E-state index contributed by atoms with van der Waals surface area (Å²) in [7, 11) is -2.43. The van der Waals surface area contributed by atoms with Crippen LogP contribution in [0.5, 0.6) is 5.75 Å². The molecule has 0 aliphatic carbocycles. The van der Waals surface area contributed by atoms with Gasteiger partial charge in [0.05, 0.1) is 34.1 Å². The first-order valence-corrected chi connectivity index (χ1v) is 14.7. The summed E-state index contributed by atoms with van der Waals surface area (Å²) in [5.41, 5.74) is 0.746. The molecule has 37 heavy (non-hydrogen) atoms. The quantitative estimate of drug-likeness (QED) is 0.344. The zero-order valence-corrected chi connectivity index (χ0v) is 24.5. The van der Waals surface area contributed by atoms with E-state index >= 15 is 0 Å². The molecule has 0 aliphatic heterocycles. The monoisotopic (exact) mass is 591 g/mol. The number of amides is 2. The smallest absolute Gasteiger partial charge is 0.244 e. The van der Waals surface area contributed by atoms with Crippen LogP contribution in [0.3, 0.4) is 0 Å². The van der Waals surface area contributed by atoms with Gasteiger partial charge in [0, 0.05) is 12.6 Å². The van der Waals surface area contributed by atoms with Gasteiger partial charge < -0.3 is 15.0 Å². The third-order valence-corrected chi connectivity index (χ3v) is 7.99. The second-order valence-electron chi connectivity index (χ2n) is 8.60. The first-order chi connectivity index (χ1) is 17.3. The Kier molecular flexibility index (Phi) is 11.4. The molecule has 2 aromatic rings. The Labute approximate surface area is 233 Å². The molecule has 2 atom stereocenters. The summed E-state index contributed by atoms with van der Waals surface area (Å²) in [4.78, 5) is 28.3. The molecule has 0 bridgehead atoms. The molecule has 2 amide bonds. The van der Waals surface area contributed by atoms with Crippen LogP contribution in [0, 0.1) is 0 Å². The molecule has 8 nitrogen and oxygen atoms in total. The number of hydrogen-bond acceptors (Lipinski definition) is 5. The summed E-state index contributed by atoms with van der Waals surface area (Å²) in [5, 5.41) is 3.15. The van der Waals surface area contributed by atoms with Crippen molar-refractivity contribution in [2.75, 3.05) is 24.2 Å². The Hall–Kier alpha value is -2.20. The van der Waals surface area contributed by atoms with Crippen LogP contribution < -0.4 is 14.4 Å². The van der Waals surface area contributed by atoms with Crippen LogP contribution in [-0.4, -0.2) is 57.1 Å². The van der Waals surface area contributed by atoms with Crippen LogP contribution in [0.4, 0.5) is 5.69 Å². The van der Waals surface area contributed by atoms with Crippen molar-refractivity contribution in [1.82, 2.24) is 10.2 Å². The first kappa shape index (κ1) is 31.0. The second-order valence-corrected chi connectivity index (χ2v) is 11.7. The Bertz CT molecular complexity index is 1210. The van der Waals surface area contributed by atoms with Gasteiger partial charge in [0.25, 0.3) is 0 Å². The lowest BCUT2D eigenvalue weighted by Crippen LogP contribution is -2.53. The van der Waals surface area contributed by atoms with Crippen LogP contribution in [0.1, 0.15) is 39.2 Å². The molecule has 0 unspecified atom stereocenters. The van der Waals surface area contributed by atoms with Gasteiger partial charge in [-0.15, -0.1) is 0 Å². The third-order valence-electron chi connectivity index (χ3n) is 5.84. The number of benzene rings is 2. The van der Waals surface area contributed by atoms with Crippen molar-refractivity contribution in [2.45, 2.75) is 52.2 Å². The molecule has 0 heterocycles. The van der Waals surface area contributed by atoms with Gasteiger partial charge in [-0.1, -0.05) is 60.8 Å². The van der Waals surface area contributed by atoms with E-state index in [0.29, 0.717) is 18.6 Å². The molecule has 0 aromatic heterocycles. The lowest BCUT2D eigenvalue weighted by atomic mass is 10.1. The number of carbonyl (C=O) groups excluding carboxylic acids is 2. The standard InChI is InChI=1S/C25H32Cl3N3O5S/c1-6-16(3)29-25(33)22(7-2)30(14-17-8-10-18(36-4)11-9-17)24(32)15-31(37(5,34)35)23-13-20(27)19(26)12-21(23)28/h8-13,16,22H,6-7,14-15H2,1-5H3,(H,29,33)/t16-,22+/m0/s1. The zero-order valence-electron chi connectivity index (χ0n) is 21.4. The number of nitrogens with zero attached hydrogens (tertiary/aromatic N) is 2. The van der Waals surface area contributed by atoms with Crippen molar-refractivity contribution < 1.29 is 22.7 Å². The predicted octanol–water partition coefficient (Wildman–Crippen LogP) is 5.14. The van der Waals surface area contributed by atoms with Crippen molar-refractivity contribution in [2.24, 2.45) is 0 Å². The highest BCUT2D eigenvalue weighted by atomic mass is 35.5. The zero-order chi connectivity index (χ0) is 27.9. The Morgan fingerprint density at radius 2 is 1.59 bits per heavy atom. The summed E-state index contributed by atoms with van der Waals surface area (Å²) in [6, 6.07) is 8.73. The van der Waals surface area contributed by atoms with Gasteiger partial charge >= 0.3 is 0 Å². The molecule has 2 aromatic carbocycles. The Morgan fingerprint density at radius 1 is 1.00 bits per heavy atom. The molecule has 204 valence electrons. The van der Waals surface area contributed by atoms with Crippen LogP contribution >= 0.6 is 34.8 Å². The van der Waals surface area contributed by atoms with Gasteiger partial charge in [0.2, 0.25) is 21.8 Å². The molecule has 0 spiro atoms. The molecule has 0 fully saturated rings. The molecular weight excluding hydrogens is 561 g/mol. The van der Waals surface area contributed by atoms with Crippen LogP contribution in [0.25, 0.3) is 0 Å². The molecule has 0 aliphatic rings. The van der Waals surface area contributed by atoms with Crippen LogP contribution in [0.2, 0.25) is 15.1 Å². The molecule has 0 saturated heterocycles. The molecule has 0 saturated carbocycles. The van der Waals surface area contributed by atoms with Gasteiger partial charge in [-0.2, -0.15) is 0 Å². The van der Waals surface area contributed by atoms with E-state index in [2.05, 4.69) is 5.32 Å². The summed E-state index contributed by atoms with van der Waals surface area (Å²) >= 11 is 18.4. The normalized spacial score (nSPS) is 13.0. The maximum Gasteiger partial charge on any atom is 0.244 e. The maximum absolute atomic E-state index is 13.7. The number of ether oxygens (including phenoxy) is 1. The highest BCUT2D eigenvalue weighted by Crippen LogP contribution is 2.35. The van der Waals surface area contributed by atoms with E-state index in [0.717, 1.165) is 16.1 Å². The largest absolute Gasteiger partial charge is 0.497 e. The number of hydrogen-bond donors (Lipinski definition) is 1. The van der Waals surface area contributed by atoms with Crippen molar-refractivity contribution in [3.8, 4) is 5.75 Å². The van der Waals surface area contributed by atoms with Crippen molar-refractivity contribution in [1.29, 1.82) is 0 Å². The average molecular weight is 593 g/mol. The minimum atomic E-state index is -3.97. The van der Waals surface area contributed by atoms with E-state index in [1.54, 1.807) is 38.3 Å². The number of sulfonamides is 1. The van der Waals surface area contributed by atoms with Gasteiger partial charge in [0.15, 0.2) is 0 Å². The number of rotatable bonds is 12. The number of carbonyl (C=O) groups is 2. The Balaban J connectivity index is 2.50. The molecule has 0 radical (unpaired) electrons. The fraction of sp³-hybridized carbons (Fsp3) is 0.440. The van der Waals surface area contributed by atoms with Crippen molar-refractivity contribution in [3.63, 3.8) is 0 Å². The molecule has 2 rings (SSSR count). The topological polar surface area (TPSA) is 96.0 Å². The average Bonchev–Trinajstić information content (AvgIpc) is 2.84. The van der Waals surface area contributed by atoms with E-state index in [1.807, 2.05) is 13.8 Å². The van der Waals surface area contributed by atoms with E-state index < -0.39 is 28.5 Å². The summed E-state index contributed by atoms with van der Waals surface area (Å²) < 4.78 is 31.6. The van der Waals surface area contributed by atoms with Gasteiger partial charge in [0.1, 0.15) is 18.3 Å². The van der Waals surface area contributed by atoms with Crippen LogP contribution in [0.15, 0.2) is 36.4 Å². The lowest BCUT2D eigenvalue weighted by molar-refractivity contribution is -0.140. The summed E-state index contributed by atoms with van der Waals surface area (Å²) in [5.74, 6) is -0.271.